The molecule has 234 valence electrons. The molecular formula is C28H26F7NO6S. The van der Waals surface area contributed by atoms with Crippen LogP contribution in [0.5, 0.6) is 5.75 Å². The van der Waals surface area contributed by atoms with Crippen LogP contribution in [-0.4, -0.2) is 61.8 Å². The molecule has 1 aliphatic carbocycles. The number of hydrogen-bond acceptors (Lipinski definition) is 5. The predicted molar refractivity (Wildman–Crippen MR) is 135 cm³/mol. The summed E-state index contributed by atoms with van der Waals surface area (Å²) in [5.41, 5.74) is -7.86. The smallest absolute Gasteiger partial charge is 0.435 e. The zero-order valence-electron chi connectivity index (χ0n) is 22.3. The van der Waals surface area contributed by atoms with Gasteiger partial charge in [-0.2, -0.15) is 26.3 Å². The van der Waals surface area contributed by atoms with Gasteiger partial charge in [0.2, 0.25) is 5.91 Å². The Morgan fingerprint density at radius 2 is 1.47 bits per heavy atom. The van der Waals surface area contributed by atoms with Crippen molar-refractivity contribution in [2.45, 2.75) is 65.8 Å². The van der Waals surface area contributed by atoms with Crippen molar-refractivity contribution in [3.63, 3.8) is 0 Å². The fourth-order valence-corrected chi connectivity index (χ4v) is 8.92. The summed E-state index contributed by atoms with van der Waals surface area (Å²) < 4.78 is 128. The summed E-state index contributed by atoms with van der Waals surface area (Å²) in [4.78, 5) is 26.1. The molecule has 2 unspecified atom stereocenters. The Kier molecular flexibility index (Phi) is 7.50. The van der Waals surface area contributed by atoms with Crippen LogP contribution in [0.1, 0.15) is 43.2 Å². The van der Waals surface area contributed by atoms with E-state index < -0.39 is 80.3 Å². The van der Waals surface area contributed by atoms with Crippen LogP contribution < -0.4 is 4.74 Å². The maximum absolute atomic E-state index is 14.9. The number of aliphatic carboxylic acids is 1. The molecule has 15 heteroatoms. The molecule has 43 heavy (non-hydrogen) atoms. The number of hydrogen-bond donors (Lipinski definition) is 1. The summed E-state index contributed by atoms with van der Waals surface area (Å²) in [5.74, 6) is -3.32. The molecule has 0 radical (unpaired) electrons. The number of benzene rings is 2. The second-order valence-electron chi connectivity index (χ2n) is 11.1. The van der Waals surface area contributed by atoms with Crippen LogP contribution in [0, 0.1) is 11.8 Å². The standard InChI is InChI=1S/C28H26F7NO6S/c29-26(27(30,31)32,28(33,34)35)18-10-11-20-21(14-18)42-15-22-25(20,43(40,41)19-4-2-1-3-5-19)12-13-36(22)23(37)16-6-8-17(9-7-16)24(38)39/h1-5,10-11,14,16-17,22H,6-9,12-13,15H2,(H,38,39). The van der Waals surface area contributed by atoms with Crippen molar-refractivity contribution in [3.8, 4) is 5.75 Å². The quantitative estimate of drug-likeness (QED) is 0.433. The Morgan fingerprint density at radius 3 is 2.02 bits per heavy atom. The zero-order valence-corrected chi connectivity index (χ0v) is 23.1. The van der Waals surface area contributed by atoms with Crippen LogP contribution in [0.4, 0.5) is 30.7 Å². The minimum absolute atomic E-state index is 0.128. The minimum atomic E-state index is -6.39. The number of carboxylic acid groups (broad SMARTS) is 1. The van der Waals surface area contributed by atoms with Gasteiger partial charge < -0.3 is 14.7 Å². The average molecular weight is 638 g/mol. The lowest BCUT2D eigenvalue weighted by atomic mass is 9.81. The molecule has 2 aliphatic heterocycles. The number of nitrogens with zero attached hydrogens (tertiary/aromatic N) is 1. The van der Waals surface area contributed by atoms with Gasteiger partial charge in [0.25, 0.3) is 0 Å². The molecule has 0 aromatic heterocycles. The molecule has 2 atom stereocenters. The van der Waals surface area contributed by atoms with Gasteiger partial charge in [0.15, 0.2) is 9.84 Å². The first kappa shape index (κ1) is 31.1. The zero-order chi connectivity index (χ0) is 31.6. The number of amides is 1. The van der Waals surface area contributed by atoms with Crippen LogP contribution in [0.25, 0.3) is 0 Å². The van der Waals surface area contributed by atoms with Gasteiger partial charge in [0.1, 0.15) is 17.1 Å². The molecule has 1 saturated carbocycles. The Balaban J connectivity index is 1.61. The van der Waals surface area contributed by atoms with Crippen LogP contribution in [-0.2, 0) is 29.8 Å². The Morgan fingerprint density at radius 1 is 0.884 bits per heavy atom. The Hall–Kier alpha value is -3.36. The van der Waals surface area contributed by atoms with E-state index in [4.69, 9.17) is 4.74 Å². The summed E-state index contributed by atoms with van der Waals surface area (Å²) in [6, 6.07) is 6.94. The van der Waals surface area contributed by atoms with Crippen LogP contribution in [0.2, 0.25) is 0 Å². The fraction of sp³-hybridized carbons (Fsp3) is 0.500. The van der Waals surface area contributed by atoms with E-state index in [0.717, 1.165) is 0 Å². The molecule has 3 aliphatic rings. The summed E-state index contributed by atoms with van der Waals surface area (Å²) >= 11 is 0. The van der Waals surface area contributed by atoms with Crippen LogP contribution >= 0.6 is 0 Å². The van der Waals surface area contributed by atoms with E-state index in [-0.39, 0.29) is 61.2 Å². The molecule has 0 spiro atoms. The van der Waals surface area contributed by atoms with Crippen LogP contribution in [0.3, 0.4) is 0 Å². The molecule has 5 rings (SSSR count). The lowest BCUT2D eigenvalue weighted by Crippen LogP contribution is -2.56. The van der Waals surface area contributed by atoms with Crippen molar-refractivity contribution < 1.29 is 58.6 Å². The SMILES string of the molecule is O=C(O)C1CCC(C(=O)N2CCC3(S(=O)(=O)c4ccccc4)c4ccc(C(F)(C(F)(F)F)C(F)(F)F)cc4OCC23)CC1. The van der Waals surface area contributed by atoms with Gasteiger partial charge in [-0.1, -0.05) is 30.3 Å². The highest BCUT2D eigenvalue weighted by atomic mass is 32.2. The van der Waals surface area contributed by atoms with E-state index in [1.165, 1.54) is 29.2 Å². The summed E-state index contributed by atoms with van der Waals surface area (Å²) in [6.45, 7) is -0.729. The molecule has 0 bridgehead atoms. The second-order valence-corrected chi connectivity index (χ2v) is 13.3. The van der Waals surface area contributed by atoms with E-state index in [1.807, 2.05) is 0 Å². The molecule has 2 aromatic carbocycles. The monoisotopic (exact) mass is 637 g/mol. The molecular weight excluding hydrogens is 611 g/mol. The molecule has 1 N–H and O–H groups in total. The van der Waals surface area contributed by atoms with Crippen molar-refractivity contribution >= 4 is 21.7 Å². The summed E-state index contributed by atoms with van der Waals surface area (Å²) in [6.07, 6.45) is -12.1. The highest BCUT2D eigenvalue weighted by Gasteiger charge is 2.74. The Bertz CT molecular complexity index is 1510. The number of fused-ring (bicyclic) bond motifs is 3. The molecule has 2 fully saturated rings. The van der Waals surface area contributed by atoms with Gasteiger partial charge >= 0.3 is 24.0 Å². The highest BCUT2D eigenvalue weighted by Crippen LogP contribution is 2.57. The van der Waals surface area contributed by atoms with E-state index in [9.17, 15) is 53.8 Å². The lowest BCUT2D eigenvalue weighted by Gasteiger charge is -2.43. The lowest BCUT2D eigenvalue weighted by molar-refractivity contribution is -0.348. The second kappa shape index (κ2) is 10.4. The van der Waals surface area contributed by atoms with E-state index >= 15 is 0 Å². The van der Waals surface area contributed by atoms with Gasteiger partial charge in [-0.15, -0.1) is 0 Å². The normalized spacial score (nSPS) is 26.3. The van der Waals surface area contributed by atoms with Gasteiger partial charge in [0.05, 0.1) is 16.9 Å². The summed E-state index contributed by atoms with van der Waals surface area (Å²) in [5, 5.41) is 9.29. The number of rotatable bonds is 5. The first-order valence-corrected chi connectivity index (χ1v) is 14.9. The number of carbonyl (C=O) groups excluding carboxylic acids is 1. The van der Waals surface area contributed by atoms with Crippen molar-refractivity contribution in [1.82, 2.24) is 4.90 Å². The highest BCUT2D eigenvalue weighted by molar-refractivity contribution is 7.92. The first-order chi connectivity index (χ1) is 20.0. The molecule has 2 aromatic rings. The predicted octanol–water partition coefficient (Wildman–Crippen LogP) is 5.53. The summed E-state index contributed by atoms with van der Waals surface area (Å²) in [7, 11) is -4.49. The maximum atomic E-state index is 14.9. The van der Waals surface area contributed by atoms with Crippen molar-refractivity contribution in [2.75, 3.05) is 13.2 Å². The van der Waals surface area contributed by atoms with E-state index in [0.29, 0.717) is 6.07 Å². The molecule has 1 amide bonds. The number of carboxylic acids is 1. The van der Waals surface area contributed by atoms with Gasteiger partial charge in [-0.3, -0.25) is 9.59 Å². The third-order valence-electron chi connectivity index (χ3n) is 8.89. The minimum Gasteiger partial charge on any atom is -0.491 e. The third-order valence-corrected chi connectivity index (χ3v) is 11.4. The van der Waals surface area contributed by atoms with E-state index in [2.05, 4.69) is 0 Å². The number of alkyl halides is 7. The average Bonchev–Trinajstić information content (AvgIpc) is 3.37. The first-order valence-electron chi connectivity index (χ1n) is 13.4. The van der Waals surface area contributed by atoms with Crippen molar-refractivity contribution in [1.29, 1.82) is 0 Å². The number of halogens is 7. The number of sulfone groups is 1. The van der Waals surface area contributed by atoms with Gasteiger partial charge in [-0.05, 0) is 50.3 Å². The van der Waals surface area contributed by atoms with Gasteiger partial charge in [-0.25, -0.2) is 12.8 Å². The number of likely N-dealkylation sites (tertiary alicyclic amines) is 1. The number of ether oxygens (including phenoxy) is 1. The fourth-order valence-electron chi connectivity index (χ4n) is 6.62. The Labute approximate surface area is 241 Å². The topological polar surface area (TPSA) is 101 Å². The van der Waals surface area contributed by atoms with Crippen molar-refractivity contribution in [3.05, 3.63) is 59.7 Å². The molecule has 2 heterocycles. The van der Waals surface area contributed by atoms with E-state index in [1.54, 1.807) is 6.07 Å². The van der Waals surface area contributed by atoms with Crippen molar-refractivity contribution in [2.24, 2.45) is 11.8 Å². The van der Waals surface area contributed by atoms with Gasteiger partial charge in [0, 0.05) is 23.6 Å². The molecule has 7 nitrogen and oxygen atoms in total. The number of carbonyl (C=O) groups is 2. The largest absolute Gasteiger partial charge is 0.491 e. The third kappa shape index (κ3) is 4.65. The van der Waals surface area contributed by atoms with Crippen LogP contribution in [0.15, 0.2) is 53.4 Å². The maximum Gasteiger partial charge on any atom is 0.435 e. The molecule has 1 saturated heterocycles.